The molecule has 0 aliphatic carbocycles. The van der Waals surface area contributed by atoms with Crippen molar-refractivity contribution in [2.75, 3.05) is 32.0 Å². The van der Waals surface area contributed by atoms with Crippen molar-refractivity contribution >= 4 is 5.69 Å². The number of rotatable bonds is 5. The molecule has 0 spiro atoms. The van der Waals surface area contributed by atoms with Crippen molar-refractivity contribution in [1.29, 1.82) is 0 Å². The maximum atomic E-state index is 9.77. The van der Waals surface area contributed by atoms with Gasteiger partial charge in [-0.05, 0) is 18.6 Å². The number of nitrogens with zero attached hydrogens (tertiary/aromatic N) is 1. The summed E-state index contributed by atoms with van der Waals surface area (Å²) in [4.78, 5) is 5.29. The SMILES string of the molecule is Nc1ccccc1OCC(O)CN1CCCO1. The Balaban J connectivity index is 1.75. The Morgan fingerprint density at radius 3 is 3.00 bits per heavy atom. The number of benzene rings is 1. The summed E-state index contributed by atoms with van der Waals surface area (Å²) in [5, 5.41) is 11.5. The number of aliphatic hydroxyl groups is 1. The van der Waals surface area contributed by atoms with Crippen LogP contribution >= 0.6 is 0 Å². The Labute approximate surface area is 101 Å². The minimum absolute atomic E-state index is 0.216. The maximum Gasteiger partial charge on any atom is 0.142 e. The molecule has 17 heavy (non-hydrogen) atoms. The van der Waals surface area contributed by atoms with Crippen molar-refractivity contribution in [1.82, 2.24) is 5.06 Å². The number of ether oxygens (including phenoxy) is 1. The fourth-order valence-electron chi connectivity index (χ4n) is 1.73. The summed E-state index contributed by atoms with van der Waals surface area (Å²) < 4.78 is 5.45. The molecule has 1 heterocycles. The zero-order chi connectivity index (χ0) is 12.1. The van der Waals surface area contributed by atoms with Crippen molar-refractivity contribution < 1.29 is 14.7 Å². The molecule has 1 aliphatic rings. The highest BCUT2D eigenvalue weighted by molar-refractivity contribution is 5.51. The molecule has 0 aromatic heterocycles. The molecule has 5 heteroatoms. The van der Waals surface area contributed by atoms with E-state index < -0.39 is 6.10 Å². The van der Waals surface area contributed by atoms with Crippen LogP contribution in [0.3, 0.4) is 0 Å². The van der Waals surface area contributed by atoms with Gasteiger partial charge >= 0.3 is 0 Å². The van der Waals surface area contributed by atoms with E-state index in [0.717, 1.165) is 19.6 Å². The molecule has 1 aliphatic heterocycles. The third-order valence-electron chi connectivity index (χ3n) is 2.59. The second-order valence-electron chi connectivity index (χ2n) is 4.08. The van der Waals surface area contributed by atoms with E-state index in [1.165, 1.54) is 0 Å². The van der Waals surface area contributed by atoms with Crippen molar-refractivity contribution in [2.45, 2.75) is 12.5 Å². The number of hydrogen-bond acceptors (Lipinski definition) is 5. The molecular weight excluding hydrogens is 220 g/mol. The van der Waals surface area contributed by atoms with Gasteiger partial charge in [0.15, 0.2) is 0 Å². The number of para-hydroxylation sites is 2. The molecule has 5 nitrogen and oxygen atoms in total. The van der Waals surface area contributed by atoms with Crippen molar-refractivity contribution in [2.24, 2.45) is 0 Å². The summed E-state index contributed by atoms with van der Waals surface area (Å²) in [7, 11) is 0. The van der Waals surface area contributed by atoms with Gasteiger partial charge in [0.1, 0.15) is 18.5 Å². The second kappa shape index (κ2) is 5.86. The minimum atomic E-state index is -0.576. The first-order chi connectivity index (χ1) is 8.25. The third kappa shape index (κ3) is 3.59. The topological polar surface area (TPSA) is 68.0 Å². The van der Waals surface area contributed by atoms with Gasteiger partial charge in [0.2, 0.25) is 0 Å². The predicted octanol–water partition coefficient (Wildman–Crippen LogP) is 0.646. The summed E-state index contributed by atoms with van der Waals surface area (Å²) in [6, 6.07) is 7.25. The number of aliphatic hydroxyl groups excluding tert-OH is 1. The standard InChI is InChI=1S/C12H18N2O3/c13-11-4-1-2-5-12(11)16-9-10(15)8-14-6-3-7-17-14/h1-2,4-5,10,15H,3,6-9,13H2. The molecule has 3 N–H and O–H groups in total. The quantitative estimate of drug-likeness (QED) is 0.737. The van der Waals surface area contributed by atoms with Gasteiger partial charge in [-0.2, -0.15) is 5.06 Å². The lowest BCUT2D eigenvalue weighted by atomic mass is 10.3. The Morgan fingerprint density at radius 1 is 1.47 bits per heavy atom. The second-order valence-corrected chi connectivity index (χ2v) is 4.08. The lowest BCUT2D eigenvalue weighted by molar-refractivity contribution is -0.131. The molecule has 1 atom stereocenters. The van der Waals surface area contributed by atoms with E-state index in [1.54, 1.807) is 17.2 Å². The van der Waals surface area contributed by atoms with Crippen LogP contribution in [0.1, 0.15) is 6.42 Å². The molecule has 1 fully saturated rings. The van der Waals surface area contributed by atoms with Crippen LogP contribution < -0.4 is 10.5 Å². The van der Waals surface area contributed by atoms with Crippen molar-refractivity contribution in [3.05, 3.63) is 24.3 Å². The van der Waals surface area contributed by atoms with Crippen LogP contribution in [0.5, 0.6) is 5.75 Å². The first kappa shape index (κ1) is 12.2. The van der Waals surface area contributed by atoms with E-state index in [1.807, 2.05) is 12.1 Å². The van der Waals surface area contributed by atoms with Gasteiger partial charge in [-0.15, -0.1) is 0 Å². The minimum Gasteiger partial charge on any atom is -0.489 e. The molecule has 1 unspecified atom stereocenters. The fraction of sp³-hybridized carbons (Fsp3) is 0.500. The van der Waals surface area contributed by atoms with Gasteiger partial charge in [0.25, 0.3) is 0 Å². The number of hydroxylamine groups is 2. The summed E-state index contributed by atoms with van der Waals surface area (Å²) in [5.41, 5.74) is 6.31. The van der Waals surface area contributed by atoms with E-state index >= 15 is 0 Å². The Hall–Kier alpha value is -1.30. The normalized spacial score (nSPS) is 18.2. The number of anilines is 1. The molecule has 1 aromatic rings. The Bertz CT molecular complexity index is 353. The van der Waals surface area contributed by atoms with Crippen LogP contribution in [-0.4, -0.2) is 42.6 Å². The van der Waals surface area contributed by atoms with Gasteiger partial charge < -0.3 is 15.6 Å². The van der Waals surface area contributed by atoms with Gasteiger partial charge in [0.05, 0.1) is 18.8 Å². The zero-order valence-electron chi connectivity index (χ0n) is 9.71. The van der Waals surface area contributed by atoms with Gasteiger partial charge in [-0.1, -0.05) is 12.1 Å². The third-order valence-corrected chi connectivity index (χ3v) is 2.59. The highest BCUT2D eigenvalue weighted by atomic mass is 16.7. The van der Waals surface area contributed by atoms with Crippen molar-refractivity contribution in [3.8, 4) is 5.75 Å². The predicted molar refractivity (Wildman–Crippen MR) is 64.5 cm³/mol. The van der Waals surface area contributed by atoms with Gasteiger partial charge in [0, 0.05) is 6.54 Å². The van der Waals surface area contributed by atoms with Crippen molar-refractivity contribution in [3.63, 3.8) is 0 Å². The first-order valence-electron chi connectivity index (χ1n) is 5.79. The average molecular weight is 238 g/mol. The van der Waals surface area contributed by atoms with E-state index in [0.29, 0.717) is 18.0 Å². The van der Waals surface area contributed by atoms with Crippen LogP contribution in [0.25, 0.3) is 0 Å². The molecule has 0 bridgehead atoms. The zero-order valence-corrected chi connectivity index (χ0v) is 9.71. The van der Waals surface area contributed by atoms with E-state index in [4.69, 9.17) is 15.3 Å². The lowest BCUT2D eigenvalue weighted by Crippen LogP contribution is -2.33. The smallest absolute Gasteiger partial charge is 0.142 e. The molecule has 2 rings (SSSR count). The Morgan fingerprint density at radius 2 is 2.29 bits per heavy atom. The molecule has 0 amide bonds. The number of hydrogen-bond donors (Lipinski definition) is 2. The maximum absolute atomic E-state index is 9.77. The fourth-order valence-corrected chi connectivity index (χ4v) is 1.73. The molecule has 1 aromatic carbocycles. The molecular formula is C12H18N2O3. The summed E-state index contributed by atoms with van der Waals surface area (Å²) >= 11 is 0. The molecule has 1 saturated heterocycles. The largest absolute Gasteiger partial charge is 0.489 e. The lowest BCUT2D eigenvalue weighted by Gasteiger charge is -2.18. The van der Waals surface area contributed by atoms with E-state index in [-0.39, 0.29) is 6.61 Å². The van der Waals surface area contributed by atoms with E-state index in [9.17, 15) is 5.11 Å². The van der Waals surface area contributed by atoms with Crippen LogP contribution in [-0.2, 0) is 4.84 Å². The highest BCUT2D eigenvalue weighted by Crippen LogP contribution is 2.19. The van der Waals surface area contributed by atoms with Crippen LogP contribution in [0.2, 0.25) is 0 Å². The number of β-amino-alcohol motifs (C(OH)–C–C–N with tert-alkyl or cyclic N) is 1. The molecule has 0 radical (unpaired) electrons. The van der Waals surface area contributed by atoms with Gasteiger partial charge in [-0.3, -0.25) is 4.84 Å². The highest BCUT2D eigenvalue weighted by Gasteiger charge is 2.17. The first-order valence-corrected chi connectivity index (χ1v) is 5.79. The van der Waals surface area contributed by atoms with Crippen LogP contribution in [0.4, 0.5) is 5.69 Å². The summed E-state index contributed by atoms with van der Waals surface area (Å²) in [6.45, 7) is 2.28. The van der Waals surface area contributed by atoms with Crippen LogP contribution in [0, 0.1) is 0 Å². The molecule has 94 valence electrons. The summed E-state index contributed by atoms with van der Waals surface area (Å²) in [5.74, 6) is 0.605. The van der Waals surface area contributed by atoms with Gasteiger partial charge in [-0.25, -0.2) is 0 Å². The monoisotopic (exact) mass is 238 g/mol. The number of nitrogen functional groups attached to an aromatic ring is 1. The summed E-state index contributed by atoms with van der Waals surface area (Å²) in [6.07, 6.45) is 0.437. The molecule has 0 saturated carbocycles. The van der Waals surface area contributed by atoms with E-state index in [2.05, 4.69) is 0 Å². The Kier molecular flexibility index (Phi) is 4.19. The van der Waals surface area contributed by atoms with Crippen LogP contribution in [0.15, 0.2) is 24.3 Å². The number of nitrogens with two attached hydrogens (primary N) is 1. The average Bonchev–Trinajstić information content (AvgIpc) is 2.81.